The zero-order valence-corrected chi connectivity index (χ0v) is 26.2. The van der Waals surface area contributed by atoms with E-state index in [4.69, 9.17) is 4.42 Å². The predicted octanol–water partition coefficient (Wildman–Crippen LogP) is 7.94. The standard InChI is InChI=1S/C38H30N4O4S/c1-25-10-5-6-13-28(25)22-33(41-36(44)26-11-3-2-4-12-26)37(45)40-30-14-9-15-31(23-30)47-24-35(43)39-29-20-18-27(19-21-29)38-42-32-16-7-8-17-34(32)46-38/h2-23H,24H2,1H3,(H,39,43)(H,40,45)(H,41,44)/b33-22-. The molecule has 0 spiro atoms. The van der Waals surface area contributed by atoms with E-state index in [1.54, 1.807) is 48.5 Å². The summed E-state index contributed by atoms with van der Waals surface area (Å²) >= 11 is 1.34. The summed E-state index contributed by atoms with van der Waals surface area (Å²) in [5, 5.41) is 8.56. The van der Waals surface area contributed by atoms with E-state index in [2.05, 4.69) is 20.9 Å². The van der Waals surface area contributed by atoms with Crippen molar-refractivity contribution in [3.8, 4) is 11.5 Å². The highest BCUT2D eigenvalue weighted by molar-refractivity contribution is 8.00. The summed E-state index contributed by atoms with van der Waals surface area (Å²) < 4.78 is 5.83. The van der Waals surface area contributed by atoms with Gasteiger partial charge >= 0.3 is 0 Å². The van der Waals surface area contributed by atoms with Crippen molar-refractivity contribution in [2.75, 3.05) is 16.4 Å². The van der Waals surface area contributed by atoms with Crippen molar-refractivity contribution in [3.05, 3.63) is 150 Å². The molecule has 6 aromatic rings. The molecule has 0 fully saturated rings. The molecule has 0 unspecified atom stereocenters. The lowest BCUT2D eigenvalue weighted by Crippen LogP contribution is -2.30. The molecule has 0 aliphatic heterocycles. The second kappa shape index (κ2) is 14.4. The molecule has 0 aliphatic rings. The molecule has 0 saturated carbocycles. The van der Waals surface area contributed by atoms with Crippen molar-refractivity contribution >= 4 is 58.0 Å². The number of nitrogens with one attached hydrogen (secondary N) is 3. The molecular formula is C38H30N4O4S. The highest BCUT2D eigenvalue weighted by Crippen LogP contribution is 2.26. The Labute approximate surface area is 275 Å². The fourth-order valence-electron chi connectivity index (χ4n) is 4.75. The number of nitrogens with zero attached hydrogens (tertiary/aromatic N) is 1. The topological polar surface area (TPSA) is 113 Å². The first-order chi connectivity index (χ1) is 22.9. The lowest BCUT2D eigenvalue weighted by Gasteiger charge is -2.13. The first kappa shape index (κ1) is 31.1. The second-order valence-electron chi connectivity index (χ2n) is 10.6. The minimum atomic E-state index is -0.473. The van der Waals surface area contributed by atoms with Crippen LogP contribution in [-0.2, 0) is 9.59 Å². The summed E-state index contributed by atoms with van der Waals surface area (Å²) in [4.78, 5) is 44.5. The van der Waals surface area contributed by atoms with Gasteiger partial charge in [0.2, 0.25) is 11.8 Å². The molecule has 3 N–H and O–H groups in total. The van der Waals surface area contributed by atoms with E-state index in [0.717, 1.165) is 32.7 Å². The molecule has 6 rings (SSSR count). The molecule has 47 heavy (non-hydrogen) atoms. The van der Waals surface area contributed by atoms with E-state index in [-0.39, 0.29) is 17.4 Å². The molecule has 232 valence electrons. The van der Waals surface area contributed by atoms with Gasteiger partial charge in [0.15, 0.2) is 5.58 Å². The number of anilines is 2. The largest absolute Gasteiger partial charge is 0.436 e. The zero-order valence-electron chi connectivity index (χ0n) is 25.4. The van der Waals surface area contributed by atoms with Gasteiger partial charge < -0.3 is 20.4 Å². The molecule has 8 nitrogen and oxygen atoms in total. The van der Waals surface area contributed by atoms with Crippen LogP contribution in [0.15, 0.2) is 142 Å². The van der Waals surface area contributed by atoms with Gasteiger partial charge in [0.1, 0.15) is 11.2 Å². The number of thioether (sulfide) groups is 1. The van der Waals surface area contributed by atoms with Crippen molar-refractivity contribution in [1.29, 1.82) is 0 Å². The highest BCUT2D eigenvalue weighted by Gasteiger charge is 2.16. The SMILES string of the molecule is Cc1ccccc1/C=C(\NC(=O)c1ccccc1)C(=O)Nc1cccc(SCC(=O)Nc2ccc(-c3nc4ccccc4o3)cc2)c1. The number of hydrogen-bond donors (Lipinski definition) is 3. The van der Waals surface area contributed by atoms with Crippen molar-refractivity contribution in [2.24, 2.45) is 0 Å². The van der Waals surface area contributed by atoms with Gasteiger partial charge in [0.05, 0.1) is 5.75 Å². The third kappa shape index (κ3) is 8.02. The fourth-order valence-corrected chi connectivity index (χ4v) is 5.50. The summed E-state index contributed by atoms with van der Waals surface area (Å²) in [5.74, 6) is -0.361. The second-order valence-corrected chi connectivity index (χ2v) is 11.7. The zero-order chi connectivity index (χ0) is 32.6. The quantitative estimate of drug-likeness (QED) is 0.104. The van der Waals surface area contributed by atoms with Gasteiger partial charge in [-0.1, -0.05) is 60.7 Å². The van der Waals surface area contributed by atoms with Crippen molar-refractivity contribution in [3.63, 3.8) is 0 Å². The van der Waals surface area contributed by atoms with E-state index in [0.29, 0.717) is 22.8 Å². The van der Waals surface area contributed by atoms with Gasteiger partial charge in [-0.25, -0.2) is 4.98 Å². The van der Waals surface area contributed by atoms with Crippen molar-refractivity contribution in [2.45, 2.75) is 11.8 Å². The lowest BCUT2D eigenvalue weighted by molar-refractivity contribution is -0.114. The number of carbonyl (C=O) groups is 3. The molecule has 1 heterocycles. The summed E-state index contributed by atoms with van der Waals surface area (Å²) in [7, 11) is 0. The minimum Gasteiger partial charge on any atom is -0.436 e. The van der Waals surface area contributed by atoms with Crippen LogP contribution in [0.2, 0.25) is 0 Å². The van der Waals surface area contributed by atoms with Crippen LogP contribution in [0.3, 0.4) is 0 Å². The van der Waals surface area contributed by atoms with E-state index >= 15 is 0 Å². The molecule has 0 atom stereocenters. The minimum absolute atomic E-state index is 0.104. The maximum absolute atomic E-state index is 13.5. The third-order valence-electron chi connectivity index (χ3n) is 7.19. The predicted molar refractivity (Wildman–Crippen MR) is 187 cm³/mol. The van der Waals surface area contributed by atoms with Gasteiger partial charge in [-0.05, 0) is 90.9 Å². The number of aromatic nitrogens is 1. The Kier molecular flexibility index (Phi) is 9.55. The van der Waals surface area contributed by atoms with Gasteiger partial charge in [-0.15, -0.1) is 11.8 Å². The van der Waals surface area contributed by atoms with E-state index < -0.39 is 11.8 Å². The Bertz CT molecular complexity index is 2060. The number of carbonyl (C=O) groups excluding carboxylic acids is 3. The molecule has 9 heteroatoms. The van der Waals surface area contributed by atoms with E-state index in [1.807, 2.05) is 91.9 Å². The summed E-state index contributed by atoms with van der Waals surface area (Å²) in [6.45, 7) is 1.94. The maximum atomic E-state index is 13.5. The monoisotopic (exact) mass is 638 g/mol. The fraction of sp³-hybridized carbons (Fsp3) is 0.0526. The average Bonchev–Trinajstić information content (AvgIpc) is 3.53. The van der Waals surface area contributed by atoms with Gasteiger partial charge in [-0.2, -0.15) is 0 Å². The Hall–Kier alpha value is -5.93. The lowest BCUT2D eigenvalue weighted by atomic mass is 10.1. The smallest absolute Gasteiger partial charge is 0.272 e. The number of rotatable bonds is 10. The summed E-state index contributed by atoms with van der Waals surface area (Å²) in [5.41, 5.74) is 5.80. The average molecular weight is 639 g/mol. The molecular weight excluding hydrogens is 609 g/mol. The number of hydrogen-bond acceptors (Lipinski definition) is 6. The Morgan fingerprint density at radius 1 is 0.766 bits per heavy atom. The first-order valence-corrected chi connectivity index (χ1v) is 15.8. The van der Waals surface area contributed by atoms with E-state index in [1.165, 1.54) is 11.8 Å². The van der Waals surface area contributed by atoms with Crippen LogP contribution >= 0.6 is 11.8 Å². The van der Waals surface area contributed by atoms with Crippen LogP contribution in [-0.4, -0.2) is 28.5 Å². The van der Waals surface area contributed by atoms with Crippen LogP contribution in [0.4, 0.5) is 11.4 Å². The summed E-state index contributed by atoms with van der Waals surface area (Å²) in [6, 6.07) is 38.4. The molecule has 0 saturated heterocycles. The molecule has 1 aromatic heterocycles. The maximum Gasteiger partial charge on any atom is 0.272 e. The Balaban J connectivity index is 1.08. The molecule has 0 aliphatic carbocycles. The van der Waals surface area contributed by atoms with Crippen LogP contribution < -0.4 is 16.0 Å². The molecule has 3 amide bonds. The van der Waals surface area contributed by atoms with Gasteiger partial charge in [-0.3, -0.25) is 14.4 Å². The Morgan fingerprint density at radius 3 is 2.30 bits per heavy atom. The van der Waals surface area contributed by atoms with Gasteiger partial charge in [0.25, 0.3) is 11.8 Å². The first-order valence-electron chi connectivity index (χ1n) is 14.8. The molecule has 5 aromatic carbocycles. The highest BCUT2D eigenvalue weighted by atomic mass is 32.2. The number of benzene rings is 5. The van der Waals surface area contributed by atoms with Crippen LogP contribution in [0.25, 0.3) is 28.6 Å². The van der Waals surface area contributed by atoms with Crippen LogP contribution in [0, 0.1) is 6.92 Å². The Morgan fingerprint density at radius 2 is 1.51 bits per heavy atom. The van der Waals surface area contributed by atoms with E-state index in [9.17, 15) is 14.4 Å². The molecule has 0 bridgehead atoms. The van der Waals surface area contributed by atoms with Crippen molar-refractivity contribution in [1.82, 2.24) is 10.3 Å². The third-order valence-corrected chi connectivity index (χ3v) is 8.18. The number of fused-ring (bicyclic) bond motifs is 1. The molecule has 0 radical (unpaired) electrons. The van der Waals surface area contributed by atoms with Crippen LogP contribution in [0.1, 0.15) is 21.5 Å². The summed E-state index contributed by atoms with van der Waals surface area (Å²) in [6.07, 6.45) is 1.66. The number of oxazole rings is 1. The van der Waals surface area contributed by atoms with Crippen LogP contribution in [0.5, 0.6) is 0 Å². The van der Waals surface area contributed by atoms with Crippen molar-refractivity contribution < 1.29 is 18.8 Å². The van der Waals surface area contributed by atoms with Gasteiger partial charge in [0, 0.05) is 27.4 Å². The number of aryl methyl sites for hydroxylation is 1. The number of para-hydroxylation sites is 2. The normalized spacial score (nSPS) is 11.2. The number of amides is 3.